The second kappa shape index (κ2) is 2.98. The van der Waals surface area contributed by atoms with Crippen LogP contribution < -0.4 is 0 Å². The van der Waals surface area contributed by atoms with Gasteiger partial charge in [-0.25, -0.2) is 0 Å². The van der Waals surface area contributed by atoms with Gasteiger partial charge in [-0.15, -0.1) is 0 Å². The molecule has 0 amide bonds. The van der Waals surface area contributed by atoms with Crippen molar-refractivity contribution in [2.45, 2.75) is 49.4 Å². The number of fused-ring (bicyclic) bond motifs is 1. The van der Waals surface area contributed by atoms with Gasteiger partial charge in [0.05, 0.1) is 0 Å². The Morgan fingerprint density at radius 2 is 2.00 bits per heavy atom. The van der Waals surface area contributed by atoms with Gasteiger partial charge in [0.25, 0.3) is 0 Å². The Morgan fingerprint density at radius 3 is 2.67 bits per heavy atom. The molecule has 0 aliphatic carbocycles. The van der Waals surface area contributed by atoms with E-state index in [1.807, 2.05) is 13.8 Å². The summed E-state index contributed by atoms with van der Waals surface area (Å²) in [5, 5.41) is 2.60. The van der Waals surface area contributed by atoms with E-state index in [4.69, 9.17) is 9.47 Å². The maximum absolute atomic E-state index is 5.85. The van der Waals surface area contributed by atoms with Crippen LogP contribution >= 0.6 is 0 Å². The van der Waals surface area contributed by atoms with E-state index in [0.717, 1.165) is 15.0 Å². The molecule has 70 valence electrons. The topological polar surface area (TPSA) is 18.5 Å². The quantitative estimate of drug-likeness (QED) is 0.595. The fourth-order valence-electron chi connectivity index (χ4n) is 1.94. The minimum atomic E-state index is -0.329. The Morgan fingerprint density at radius 1 is 1.25 bits per heavy atom. The Hall–Kier alpha value is 0.439. The molecule has 3 atom stereocenters. The number of hydrogen-bond donors (Lipinski definition) is 0. The third-order valence-electron chi connectivity index (χ3n) is 2.45. The van der Waals surface area contributed by atoms with Crippen LogP contribution in [0.3, 0.4) is 0 Å². The molecule has 0 spiro atoms. The molecule has 3 heteroatoms. The monoisotopic (exact) mass is 236 g/mol. The Kier molecular flexibility index (Phi) is 2.24. The van der Waals surface area contributed by atoms with Crippen LogP contribution in [0.2, 0.25) is 10.6 Å². The van der Waals surface area contributed by atoms with Crippen molar-refractivity contribution in [3.63, 3.8) is 0 Å². The molecular formula is C9H16O2Se. The van der Waals surface area contributed by atoms with Crippen LogP contribution in [0.4, 0.5) is 0 Å². The van der Waals surface area contributed by atoms with Crippen LogP contribution in [0.5, 0.6) is 0 Å². The van der Waals surface area contributed by atoms with Crippen molar-refractivity contribution in [1.82, 2.24) is 0 Å². The van der Waals surface area contributed by atoms with E-state index in [9.17, 15) is 0 Å². The number of ether oxygens (including phenoxy) is 2. The average Bonchev–Trinajstić information content (AvgIpc) is 2.25. The van der Waals surface area contributed by atoms with E-state index in [0.29, 0.717) is 18.1 Å². The zero-order valence-electron chi connectivity index (χ0n) is 7.87. The van der Waals surface area contributed by atoms with Crippen molar-refractivity contribution in [3.8, 4) is 0 Å². The van der Waals surface area contributed by atoms with E-state index in [1.54, 1.807) is 0 Å². The Labute approximate surface area is 80.2 Å². The minimum absolute atomic E-state index is 0.329. The van der Waals surface area contributed by atoms with Crippen LogP contribution in [0.1, 0.15) is 20.8 Å². The van der Waals surface area contributed by atoms with Crippen molar-refractivity contribution >= 4 is 15.0 Å². The molecule has 2 rings (SSSR count). The van der Waals surface area contributed by atoms with Crippen LogP contribution in [-0.4, -0.2) is 33.0 Å². The molecule has 2 saturated heterocycles. The molecule has 0 N–H and O–H groups in total. The van der Waals surface area contributed by atoms with Crippen LogP contribution in [0.25, 0.3) is 0 Å². The Balaban J connectivity index is 2.09. The summed E-state index contributed by atoms with van der Waals surface area (Å²) in [7, 11) is 0. The van der Waals surface area contributed by atoms with E-state index >= 15 is 0 Å². The van der Waals surface area contributed by atoms with Gasteiger partial charge in [0.2, 0.25) is 0 Å². The summed E-state index contributed by atoms with van der Waals surface area (Å²) in [6, 6.07) is 0. The molecule has 0 aromatic rings. The maximum atomic E-state index is 5.85. The molecule has 12 heavy (non-hydrogen) atoms. The molecule has 0 unspecified atom stereocenters. The summed E-state index contributed by atoms with van der Waals surface area (Å²) in [6.45, 7) is 6.32. The second-order valence-electron chi connectivity index (χ2n) is 4.15. The van der Waals surface area contributed by atoms with Crippen molar-refractivity contribution in [1.29, 1.82) is 0 Å². The average molecular weight is 235 g/mol. The molecule has 0 saturated carbocycles. The van der Waals surface area contributed by atoms with E-state index in [1.165, 1.54) is 10.6 Å². The van der Waals surface area contributed by atoms with E-state index in [-0.39, 0.29) is 5.79 Å². The fraction of sp³-hybridized carbons (Fsp3) is 1.00. The summed E-state index contributed by atoms with van der Waals surface area (Å²) < 4.78 is 11.7. The van der Waals surface area contributed by atoms with Gasteiger partial charge in [0.1, 0.15) is 0 Å². The SMILES string of the molecule is C[C@@H]1C[Se]C[C@@H]2OC(C)(C)O[C@H]12. The zero-order valence-corrected chi connectivity index (χ0v) is 9.58. The van der Waals surface area contributed by atoms with Gasteiger partial charge in [0.15, 0.2) is 0 Å². The van der Waals surface area contributed by atoms with E-state index < -0.39 is 0 Å². The van der Waals surface area contributed by atoms with Gasteiger partial charge < -0.3 is 0 Å². The number of rotatable bonds is 0. The van der Waals surface area contributed by atoms with Crippen molar-refractivity contribution in [3.05, 3.63) is 0 Å². The number of hydrogen-bond acceptors (Lipinski definition) is 2. The molecule has 2 fully saturated rings. The molecule has 0 bridgehead atoms. The standard InChI is InChI=1S/C9H16O2Se/c1-6-4-12-5-7-8(6)11-9(2,3)10-7/h6-8H,4-5H2,1-3H3/t6-,7+,8-/m1/s1. The summed E-state index contributed by atoms with van der Waals surface area (Å²) in [6.07, 6.45) is 0.763. The van der Waals surface area contributed by atoms with Gasteiger partial charge in [-0.2, -0.15) is 0 Å². The molecule has 2 aliphatic heterocycles. The van der Waals surface area contributed by atoms with Gasteiger partial charge in [-0.3, -0.25) is 0 Å². The van der Waals surface area contributed by atoms with Gasteiger partial charge in [-0.1, -0.05) is 0 Å². The molecule has 2 aliphatic rings. The normalized spacial score (nSPS) is 45.8. The fourth-order valence-corrected chi connectivity index (χ4v) is 4.43. The van der Waals surface area contributed by atoms with Crippen LogP contribution in [-0.2, 0) is 9.47 Å². The molecule has 0 aromatic heterocycles. The van der Waals surface area contributed by atoms with Crippen molar-refractivity contribution < 1.29 is 9.47 Å². The van der Waals surface area contributed by atoms with Crippen LogP contribution in [0, 0.1) is 5.92 Å². The first-order valence-corrected chi connectivity index (χ1v) is 6.94. The Bertz CT molecular complexity index is 181. The van der Waals surface area contributed by atoms with Gasteiger partial charge in [-0.05, 0) is 0 Å². The first kappa shape index (κ1) is 9.01. The summed E-state index contributed by atoms with van der Waals surface area (Å²) >= 11 is 0.782. The third-order valence-corrected chi connectivity index (χ3v) is 5.23. The third kappa shape index (κ3) is 1.56. The zero-order chi connectivity index (χ0) is 8.77. The first-order valence-electron chi connectivity index (χ1n) is 4.52. The van der Waals surface area contributed by atoms with E-state index in [2.05, 4.69) is 6.92 Å². The molecular weight excluding hydrogens is 219 g/mol. The van der Waals surface area contributed by atoms with Crippen LogP contribution in [0.15, 0.2) is 0 Å². The second-order valence-corrected chi connectivity index (χ2v) is 6.41. The van der Waals surface area contributed by atoms with Gasteiger partial charge in [0, 0.05) is 0 Å². The summed E-state index contributed by atoms with van der Waals surface area (Å²) in [5.74, 6) is 0.370. The first-order chi connectivity index (χ1) is 5.58. The van der Waals surface area contributed by atoms with Crippen molar-refractivity contribution in [2.24, 2.45) is 5.92 Å². The molecule has 0 aromatic carbocycles. The molecule has 0 radical (unpaired) electrons. The van der Waals surface area contributed by atoms with Crippen molar-refractivity contribution in [2.75, 3.05) is 0 Å². The molecule has 2 nitrogen and oxygen atoms in total. The predicted molar refractivity (Wildman–Crippen MR) is 48.4 cm³/mol. The van der Waals surface area contributed by atoms with Gasteiger partial charge >= 0.3 is 79.8 Å². The molecule has 2 heterocycles. The predicted octanol–water partition coefficient (Wildman–Crippen LogP) is 1.70. The summed E-state index contributed by atoms with van der Waals surface area (Å²) in [4.78, 5) is 0. The summed E-state index contributed by atoms with van der Waals surface area (Å²) in [5.41, 5.74) is 0.